The lowest BCUT2D eigenvalue weighted by atomic mass is 10.0. The molecule has 1 aromatic carbocycles. The molecule has 41 heavy (non-hydrogen) atoms. The minimum atomic E-state index is -1.15. The summed E-state index contributed by atoms with van der Waals surface area (Å²) in [5.74, 6) is -0.739. The van der Waals surface area contributed by atoms with E-state index in [1.807, 2.05) is 34.6 Å². The van der Waals surface area contributed by atoms with Crippen molar-refractivity contribution in [2.24, 2.45) is 11.8 Å². The number of benzene rings is 1. The normalized spacial score (nSPS) is 13.2. The van der Waals surface area contributed by atoms with E-state index < -0.39 is 36.6 Å². The Morgan fingerprint density at radius 1 is 0.780 bits per heavy atom. The van der Waals surface area contributed by atoms with Gasteiger partial charge in [0.2, 0.25) is 0 Å². The van der Waals surface area contributed by atoms with Crippen LogP contribution >= 0.6 is 0 Å². The van der Waals surface area contributed by atoms with Crippen LogP contribution in [0.3, 0.4) is 0 Å². The van der Waals surface area contributed by atoms with Crippen LogP contribution in [0.25, 0.3) is 0 Å². The van der Waals surface area contributed by atoms with Gasteiger partial charge in [0.25, 0.3) is 0 Å². The molecule has 2 unspecified atom stereocenters. The molecule has 12 heteroatoms. The molecule has 0 bridgehead atoms. The van der Waals surface area contributed by atoms with Crippen LogP contribution in [0.5, 0.6) is 11.5 Å². The molecule has 1 aromatic rings. The quantitative estimate of drug-likeness (QED) is 0.130. The molecule has 0 heterocycles. The van der Waals surface area contributed by atoms with Crippen molar-refractivity contribution >= 4 is 24.4 Å². The minimum Gasteiger partial charge on any atom is -0.480 e. The third-order valence-corrected chi connectivity index (χ3v) is 5.78. The average molecular weight is 584 g/mol. The maximum atomic E-state index is 12.3. The highest BCUT2D eigenvalue weighted by Crippen LogP contribution is 2.30. The molecule has 232 valence electrons. The highest BCUT2D eigenvalue weighted by molar-refractivity contribution is 5.74. The Labute approximate surface area is 241 Å². The molecule has 1 rings (SSSR count). The predicted octanol–water partition coefficient (Wildman–Crippen LogP) is 5.74. The fourth-order valence-corrected chi connectivity index (χ4v) is 3.11. The molecule has 0 amide bonds. The van der Waals surface area contributed by atoms with Crippen molar-refractivity contribution in [3.63, 3.8) is 0 Å². The van der Waals surface area contributed by atoms with E-state index in [2.05, 4.69) is 5.32 Å². The topological polar surface area (TPSA) is 156 Å². The first-order chi connectivity index (χ1) is 19.3. The Kier molecular flexibility index (Phi) is 16.2. The van der Waals surface area contributed by atoms with Crippen molar-refractivity contribution in [1.82, 2.24) is 5.32 Å². The Morgan fingerprint density at radius 3 is 1.83 bits per heavy atom. The number of carbonyl (C=O) groups excluding carboxylic acids is 3. The van der Waals surface area contributed by atoms with Gasteiger partial charge in [-0.2, -0.15) is 0 Å². The van der Waals surface area contributed by atoms with Gasteiger partial charge >= 0.3 is 24.4 Å². The first-order valence-corrected chi connectivity index (χ1v) is 14.0. The Hall–Kier alpha value is -3.54. The second-order valence-electron chi connectivity index (χ2n) is 10.6. The summed E-state index contributed by atoms with van der Waals surface area (Å²) in [4.78, 5) is 48.2. The summed E-state index contributed by atoms with van der Waals surface area (Å²) in [7, 11) is 0. The van der Waals surface area contributed by atoms with Gasteiger partial charge < -0.3 is 38.8 Å². The SMILES string of the molecule is CCC(C)OC(=O)OC(C)CN[C@@H](Cc1ccc(OC(=O)OCCC(C)C)c(OC(=O)OCCC(C)C)c1)C(=O)O. The maximum Gasteiger partial charge on any atom is 0.513 e. The number of hydrogen-bond acceptors (Lipinski definition) is 11. The van der Waals surface area contributed by atoms with Gasteiger partial charge in [-0.15, -0.1) is 0 Å². The van der Waals surface area contributed by atoms with Gasteiger partial charge in [0, 0.05) is 6.54 Å². The molecule has 0 spiro atoms. The van der Waals surface area contributed by atoms with Crippen LogP contribution in [0.1, 0.15) is 73.3 Å². The van der Waals surface area contributed by atoms with Crippen molar-refractivity contribution < 1.29 is 52.7 Å². The summed E-state index contributed by atoms with van der Waals surface area (Å²) in [6, 6.07) is 3.23. The zero-order chi connectivity index (χ0) is 30.9. The van der Waals surface area contributed by atoms with Crippen LogP contribution in [-0.2, 0) is 30.2 Å². The first kappa shape index (κ1) is 35.5. The lowest BCUT2D eigenvalue weighted by Crippen LogP contribution is -2.42. The van der Waals surface area contributed by atoms with Crippen molar-refractivity contribution in [3.05, 3.63) is 23.8 Å². The second kappa shape index (κ2) is 18.7. The fourth-order valence-electron chi connectivity index (χ4n) is 3.11. The second-order valence-corrected chi connectivity index (χ2v) is 10.6. The average Bonchev–Trinajstić information content (AvgIpc) is 2.87. The molecule has 0 aliphatic rings. The molecule has 0 fully saturated rings. The largest absolute Gasteiger partial charge is 0.513 e. The van der Waals surface area contributed by atoms with Gasteiger partial charge in [-0.05, 0) is 69.1 Å². The lowest BCUT2D eigenvalue weighted by Gasteiger charge is -2.20. The molecule has 0 saturated heterocycles. The number of aliphatic carboxylic acids is 1. The number of hydrogen-bond donors (Lipinski definition) is 2. The van der Waals surface area contributed by atoms with Crippen LogP contribution in [0.2, 0.25) is 0 Å². The zero-order valence-corrected chi connectivity index (χ0v) is 25.1. The molecular formula is C29H45NO11. The van der Waals surface area contributed by atoms with Crippen molar-refractivity contribution in [2.45, 2.75) is 92.4 Å². The van der Waals surface area contributed by atoms with E-state index in [9.17, 15) is 24.3 Å². The number of carbonyl (C=O) groups is 4. The van der Waals surface area contributed by atoms with Crippen LogP contribution in [-0.4, -0.2) is 67.6 Å². The number of carboxylic acids is 1. The van der Waals surface area contributed by atoms with E-state index in [4.69, 9.17) is 28.4 Å². The van der Waals surface area contributed by atoms with Gasteiger partial charge in [-0.25, -0.2) is 14.4 Å². The molecule has 0 aromatic heterocycles. The molecule has 2 N–H and O–H groups in total. The van der Waals surface area contributed by atoms with E-state index in [1.165, 1.54) is 18.2 Å². The van der Waals surface area contributed by atoms with Gasteiger partial charge in [-0.3, -0.25) is 4.79 Å². The van der Waals surface area contributed by atoms with E-state index in [0.29, 0.717) is 36.7 Å². The minimum absolute atomic E-state index is 0.0305. The maximum absolute atomic E-state index is 12.3. The molecule has 0 saturated carbocycles. The van der Waals surface area contributed by atoms with E-state index >= 15 is 0 Å². The third kappa shape index (κ3) is 15.7. The first-order valence-electron chi connectivity index (χ1n) is 14.0. The molecule has 0 aliphatic carbocycles. The summed E-state index contributed by atoms with van der Waals surface area (Å²) >= 11 is 0. The number of nitrogens with one attached hydrogen (secondary N) is 1. The monoisotopic (exact) mass is 583 g/mol. The van der Waals surface area contributed by atoms with Gasteiger partial charge in [0.1, 0.15) is 18.2 Å². The van der Waals surface area contributed by atoms with Crippen molar-refractivity contribution in [2.75, 3.05) is 19.8 Å². The predicted molar refractivity (Wildman–Crippen MR) is 149 cm³/mol. The van der Waals surface area contributed by atoms with Gasteiger partial charge in [-0.1, -0.05) is 40.7 Å². The Morgan fingerprint density at radius 2 is 1.32 bits per heavy atom. The van der Waals surface area contributed by atoms with E-state index in [0.717, 1.165) is 0 Å². The van der Waals surface area contributed by atoms with Gasteiger partial charge in [0.15, 0.2) is 11.5 Å². The van der Waals surface area contributed by atoms with Crippen LogP contribution in [0.4, 0.5) is 14.4 Å². The number of carboxylic acid groups (broad SMARTS) is 1. The summed E-state index contributed by atoms with van der Waals surface area (Å²) < 4.78 is 31.0. The van der Waals surface area contributed by atoms with Crippen LogP contribution in [0, 0.1) is 11.8 Å². The summed E-state index contributed by atoms with van der Waals surface area (Å²) in [5.41, 5.74) is 0.458. The molecule has 12 nitrogen and oxygen atoms in total. The molecule has 3 atom stereocenters. The third-order valence-electron chi connectivity index (χ3n) is 5.78. The molecule has 0 radical (unpaired) electrons. The molecule has 0 aliphatic heterocycles. The van der Waals surface area contributed by atoms with E-state index in [-0.39, 0.29) is 43.8 Å². The number of ether oxygens (including phenoxy) is 6. The summed E-state index contributed by atoms with van der Waals surface area (Å²) in [5, 5.41) is 12.6. The molecular weight excluding hydrogens is 538 g/mol. The van der Waals surface area contributed by atoms with Crippen molar-refractivity contribution in [3.8, 4) is 11.5 Å². The zero-order valence-electron chi connectivity index (χ0n) is 25.1. The number of rotatable bonds is 17. The van der Waals surface area contributed by atoms with Crippen LogP contribution < -0.4 is 14.8 Å². The Bertz CT molecular complexity index is 980. The highest BCUT2D eigenvalue weighted by Gasteiger charge is 2.23. The van der Waals surface area contributed by atoms with Gasteiger partial charge in [0.05, 0.1) is 13.2 Å². The summed E-state index contributed by atoms with van der Waals surface area (Å²) in [6.45, 7) is 13.5. The highest BCUT2D eigenvalue weighted by atomic mass is 16.7. The Balaban J connectivity index is 2.95. The lowest BCUT2D eigenvalue weighted by molar-refractivity contribution is -0.139. The van der Waals surface area contributed by atoms with E-state index in [1.54, 1.807) is 13.8 Å². The standard InChI is InChI=1S/C29H45NO11/c1-8-20(6)38-29(35)39-21(7)17-30-23(26(31)32)15-22-9-10-24(40-27(33)36-13-11-18(2)3)25(16-22)41-28(34)37-14-12-19(4)5/h9-10,16,18-21,23,30H,8,11-15,17H2,1-7H3,(H,31,32)/t20?,21?,23-/m0/s1. The van der Waals surface area contributed by atoms with Crippen LogP contribution in [0.15, 0.2) is 18.2 Å². The van der Waals surface area contributed by atoms with Crippen molar-refractivity contribution in [1.29, 1.82) is 0 Å². The smallest absolute Gasteiger partial charge is 0.480 e. The summed E-state index contributed by atoms with van der Waals surface area (Å²) in [6.07, 6.45) is -1.88. The fraction of sp³-hybridized carbons (Fsp3) is 0.655.